The van der Waals surface area contributed by atoms with Gasteiger partial charge in [0, 0.05) is 12.2 Å². The van der Waals surface area contributed by atoms with Crippen molar-refractivity contribution < 1.29 is 39.5 Å². The maximum absolute atomic E-state index is 13.3. The Kier molecular flexibility index (Phi) is 6.10. The summed E-state index contributed by atoms with van der Waals surface area (Å²) >= 11 is 0. The molecule has 0 spiro atoms. The molecule has 0 saturated carbocycles. The van der Waals surface area contributed by atoms with Gasteiger partial charge in [-0.15, -0.1) is 0 Å². The van der Waals surface area contributed by atoms with Crippen molar-refractivity contribution in [1.29, 1.82) is 0 Å². The molecule has 11 heteroatoms. The lowest BCUT2D eigenvalue weighted by molar-refractivity contribution is -0.0500. The SMILES string of the molecule is O=S(=O)(Oc1ccc(F)cc1COB1CCCCCO1)C(F)(F)F. The van der Waals surface area contributed by atoms with Gasteiger partial charge in [0.25, 0.3) is 0 Å². The molecule has 0 atom stereocenters. The van der Waals surface area contributed by atoms with Gasteiger partial charge in [-0.05, 0) is 30.9 Å². The molecule has 0 unspecified atom stereocenters. The van der Waals surface area contributed by atoms with Crippen molar-refractivity contribution in [3.8, 4) is 5.75 Å². The normalized spacial score (nSPS) is 16.8. The van der Waals surface area contributed by atoms with Crippen LogP contribution in [0.25, 0.3) is 0 Å². The lowest BCUT2D eigenvalue weighted by Gasteiger charge is -2.15. The smallest absolute Gasteiger partial charge is 0.411 e. The fraction of sp³-hybridized carbons (Fsp3) is 0.538. The maximum atomic E-state index is 13.3. The standard InChI is InChI=1S/C13H15BF4O5S/c15-11-4-5-12(23-24(19,20)13(16,17)18)10(8-11)9-22-14-6-2-1-3-7-21-14/h4-5,8H,1-3,6-7,9H2. The summed E-state index contributed by atoms with van der Waals surface area (Å²) in [4.78, 5) is 0. The molecule has 0 amide bonds. The minimum atomic E-state index is -5.84. The van der Waals surface area contributed by atoms with E-state index in [1.54, 1.807) is 0 Å². The Labute approximate surface area is 137 Å². The third-order valence-electron chi connectivity index (χ3n) is 3.32. The fourth-order valence-corrected chi connectivity index (χ4v) is 2.60. The van der Waals surface area contributed by atoms with Gasteiger partial charge in [0.1, 0.15) is 11.6 Å². The van der Waals surface area contributed by atoms with Crippen molar-refractivity contribution >= 4 is 17.2 Å². The summed E-state index contributed by atoms with van der Waals surface area (Å²) in [5, 5.41) is 0. The molecule has 134 valence electrons. The Hall–Kier alpha value is -1.33. The van der Waals surface area contributed by atoms with Crippen molar-refractivity contribution in [1.82, 2.24) is 0 Å². The first-order chi connectivity index (χ1) is 11.2. The molecule has 5 nitrogen and oxygen atoms in total. The minimum absolute atomic E-state index is 0.157. The zero-order valence-corrected chi connectivity index (χ0v) is 13.3. The van der Waals surface area contributed by atoms with Gasteiger partial charge in [0.2, 0.25) is 0 Å². The second kappa shape index (κ2) is 7.71. The van der Waals surface area contributed by atoms with E-state index in [2.05, 4.69) is 4.18 Å². The largest absolute Gasteiger partial charge is 0.534 e. The molecule has 1 saturated heterocycles. The topological polar surface area (TPSA) is 61.8 Å². The van der Waals surface area contributed by atoms with E-state index < -0.39 is 34.3 Å². The van der Waals surface area contributed by atoms with Crippen LogP contribution in [-0.4, -0.2) is 27.7 Å². The molecule has 0 aromatic heterocycles. The van der Waals surface area contributed by atoms with E-state index in [1.807, 2.05) is 0 Å². The molecule has 0 bridgehead atoms. The second-order valence-corrected chi connectivity index (χ2v) is 6.73. The van der Waals surface area contributed by atoms with Gasteiger partial charge >= 0.3 is 22.7 Å². The van der Waals surface area contributed by atoms with Crippen LogP contribution in [0.5, 0.6) is 5.75 Å². The predicted octanol–water partition coefficient (Wildman–Crippen LogP) is 3.26. The Morgan fingerprint density at radius 1 is 1.21 bits per heavy atom. The summed E-state index contributed by atoms with van der Waals surface area (Å²) in [5.74, 6) is -1.39. The highest BCUT2D eigenvalue weighted by Gasteiger charge is 2.48. The van der Waals surface area contributed by atoms with Crippen LogP contribution in [-0.2, 0) is 26.0 Å². The second-order valence-electron chi connectivity index (χ2n) is 5.20. The van der Waals surface area contributed by atoms with Gasteiger partial charge in [-0.3, -0.25) is 0 Å². The highest BCUT2D eigenvalue weighted by atomic mass is 32.2. The Morgan fingerprint density at radius 2 is 1.96 bits per heavy atom. The first-order valence-corrected chi connectivity index (χ1v) is 8.62. The molecule has 1 aromatic carbocycles. The average Bonchev–Trinajstić information content (AvgIpc) is 2.75. The molecular formula is C13H15BF4O5S. The summed E-state index contributed by atoms with van der Waals surface area (Å²) in [7, 11) is -6.43. The summed E-state index contributed by atoms with van der Waals surface area (Å²) in [5.41, 5.74) is -5.74. The molecule has 1 fully saturated rings. The summed E-state index contributed by atoms with van der Waals surface area (Å²) < 4.78 is 87.6. The highest BCUT2D eigenvalue weighted by molar-refractivity contribution is 7.88. The first-order valence-electron chi connectivity index (χ1n) is 7.21. The monoisotopic (exact) mass is 370 g/mol. The Bertz CT molecular complexity index is 657. The van der Waals surface area contributed by atoms with E-state index in [1.165, 1.54) is 0 Å². The number of hydrogen-bond acceptors (Lipinski definition) is 5. The highest BCUT2D eigenvalue weighted by Crippen LogP contribution is 2.30. The van der Waals surface area contributed by atoms with Crippen LogP contribution in [0.15, 0.2) is 18.2 Å². The molecule has 1 heterocycles. The quantitative estimate of drug-likeness (QED) is 0.345. The van der Waals surface area contributed by atoms with Crippen molar-refractivity contribution in [2.24, 2.45) is 0 Å². The number of hydrogen-bond donors (Lipinski definition) is 0. The summed E-state index contributed by atoms with van der Waals surface area (Å²) in [6, 6.07) is 2.47. The number of halogens is 4. The van der Waals surface area contributed by atoms with Gasteiger partial charge in [0.15, 0.2) is 0 Å². The van der Waals surface area contributed by atoms with E-state index in [4.69, 9.17) is 9.31 Å². The lowest BCUT2D eigenvalue weighted by Crippen LogP contribution is -2.28. The van der Waals surface area contributed by atoms with Crippen molar-refractivity contribution in [2.75, 3.05) is 6.61 Å². The average molecular weight is 370 g/mol. The van der Waals surface area contributed by atoms with E-state index >= 15 is 0 Å². The van der Waals surface area contributed by atoms with Crippen LogP contribution < -0.4 is 4.18 Å². The van der Waals surface area contributed by atoms with Crippen LogP contribution in [0.1, 0.15) is 24.8 Å². The van der Waals surface area contributed by atoms with Gasteiger partial charge in [-0.25, -0.2) is 4.39 Å². The molecular weight excluding hydrogens is 355 g/mol. The molecule has 0 N–H and O–H groups in total. The zero-order valence-electron chi connectivity index (χ0n) is 12.5. The van der Waals surface area contributed by atoms with Crippen LogP contribution in [0.3, 0.4) is 0 Å². The molecule has 0 radical (unpaired) electrons. The third-order valence-corrected chi connectivity index (χ3v) is 4.28. The van der Waals surface area contributed by atoms with Crippen molar-refractivity contribution in [3.05, 3.63) is 29.6 Å². The van der Waals surface area contributed by atoms with E-state index in [0.717, 1.165) is 37.5 Å². The zero-order chi connectivity index (χ0) is 17.8. The van der Waals surface area contributed by atoms with Gasteiger partial charge in [-0.1, -0.05) is 12.8 Å². The van der Waals surface area contributed by atoms with Gasteiger partial charge < -0.3 is 13.5 Å². The molecule has 1 aliphatic rings. The predicted molar refractivity (Wildman–Crippen MR) is 77.2 cm³/mol. The number of rotatable bonds is 5. The number of alkyl halides is 3. The summed E-state index contributed by atoms with van der Waals surface area (Å²) in [6.07, 6.45) is 3.29. The fourth-order valence-electron chi connectivity index (χ4n) is 2.11. The lowest BCUT2D eigenvalue weighted by atomic mass is 9.83. The van der Waals surface area contributed by atoms with Crippen LogP contribution in [0.4, 0.5) is 17.6 Å². The van der Waals surface area contributed by atoms with Crippen LogP contribution >= 0.6 is 0 Å². The molecule has 24 heavy (non-hydrogen) atoms. The molecule has 1 aliphatic heterocycles. The number of benzene rings is 1. The molecule has 1 aromatic rings. The molecule has 0 aliphatic carbocycles. The van der Waals surface area contributed by atoms with Crippen LogP contribution in [0.2, 0.25) is 6.32 Å². The van der Waals surface area contributed by atoms with Gasteiger partial charge in [-0.2, -0.15) is 21.6 Å². The van der Waals surface area contributed by atoms with Crippen LogP contribution in [0, 0.1) is 5.82 Å². The Morgan fingerprint density at radius 3 is 2.67 bits per heavy atom. The summed E-state index contributed by atoms with van der Waals surface area (Å²) in [6.45, 7) is 0.144. The first kappa shape index (κ1) is 19.0. The Balaban J connectivity index is 2.12. The minimum Gasteiger partial charge on any atom is -0.411 e. The van der Waals surface area contributed by atoms with Crippen molar-refractivity contribution in [3.63, 3.8) is 0 Å². The van der Waals surface area contributed by atoms with E-state index in [0.29, 0.717) is 12.9 Å². The molecule has 2 rings (SSSR count). The van der Waals surface area contributed by atoms with E-state index in [9.17, 15) is 26.0 Å². The van der Waals surface area contributed by atoms with Gasteiger partial charge in [0.05, 0.1) is 6.61 Å². The van der Waals surface area contributed by atoms with E-state index in [-0.39, 0.29) is 12.2 Å². The van der Waals surface area contributed by atoms with Crippen molar-refractivity contribution in [2.45, 2.75) is 37.7 Å². The third kappa shape index (κ3) is 5.08. The maximum Gasteiger partial charge on any atom is 0.534 e.